The van der Waals surface area contributed by atoms with Crippen molar-refractivity contribution in [3.63, 3.8) is 0 Å². The van der Waals surface area contributed by atoms with E-state index in [-0.39, 0.29) is 12.5 Å². The number of rotatable bonds is 8. The van der Waals surface area contributed by atoms with E-state index in [9.17, 15) is 4.79 Å². The molecule has 8 nitrogen and oxygen atoms in total. The third-order valence-corrected chi connectivity index (χ3v) is 6.47. The summed E-state index contributed by atoms with van der Waals surface area (Å²) in [6.07, 6.45) is 0. The van der Waals surface area contributed by atoms with Crippen LogP contribution in [0.3, 0.4) is 0 Å². The van der Waals surface area contributed by atoms with Gasteiger partial charge in [0.15, 0.2) is 11.0 Å². The molecule has 0 spiro atoms. The Morgan fingerprint density at radius 1 is 1.37 bits per heavy atom. The lowest BCUT2D eigenvalue weighted by Gasteiger charge is -2.14. The topological polar surface area (TPSA) is 99.2 Å². The monoisotopic (exact) mass is 446 g/mol. The summed E-state index contributed by atoms with van der Waals surface area (Å²) in [6.45, 7) is 8.05. The Hall–Kier alpha value is -2.59. The fourth-order valence-electron chi connectivity index (χ4n) is 2.68. The number of anilines is 1. The zero-order valence-electron chi connectivity index (χ0n) is 17.7. The minimum atomic E-state index is -0.0517. The van der Waals surface area contributed by atoms with Gasteiger partial charge in [-0.3, -0.25) is 9.69 Å². The summed E-state index contributed by atoms with van der Waals surface area (Å²) in [6, 6.07) is 6.20. The largest absolute Gasteiger partial charge is 0.485 e. The molecule has 2 aromatic heterocycles. The van der Waals surface area contributed by atoms with E-state index in [2.05, 4.69) is 41.2 Å². The number of hydrogen-bond acceptors (Lipinski definition) is 8. The van der Waals surface area contributed by atoms with Crippen molar-refractivity contribution in [2.75, 3.05) is 17.8 Å². The highest BCUT2D eigenvalue weighted by Gasteiger charge is 2.15. The Bertz CT molecular complexity index is 1030. The van der Waals surface area contributed by atoms with Gasteiger partial charge in [-0.2, -0.15) is 0 Å². The SMILES string of the molecule is CC(=O)N(C)c1nc(CSc2nnc(COc3cc(C)ccc3C(C)C)n2N)cs1. The number of ether oxygens (including phenoxy) is 1. The second-order valence-corrected chi connectivity index (χ2v) is 9.02. The van der Waals surface area contributed by atoms with Gasteiger partial charge < -0.3 is 10.6 Å². The number of aromatic nitrogens is 4. The van der Waals surface area contributed by atoms with Crippen LogP contribution in [0.4, 0.5) is 5.13 Å². The van der Waals surface area contributed by atoms with Crippen LogP contribution in [-0.4, -0.2) is 32.8 Å². The number of aryl methyl sites for hydroxylation is 1. The molecule has 3 aromatic rings. The van der Waals surface area contributed by atoms with Crippen LogP contribution in [0.2, 0.25) is 0 Å². The molecule has 0 saturated heterocycles. The van der Waals surface area contributed by atoms with Crippen molar-refractivity contribution in [3.8, 4) is 5.75 Å². The minimum Gasteiger partial charge on any atom is -0.485 e. The minimum absolute atomic E-state index is 0.0517. The molecule has 1 aromatic carbocycles. The summed E-state index contributed by atoms with van der Waals surface area (Å²) in [5.41, 5.74) is 3.14. The van der Waals surface area contributed by atoms with E-state index in [0.717, 1.165) is 22.6 Å². The molecule has 0 aliphatic carbocycles. The first-order valence-electron chi connectivity index (χ1n) is 9.50. The summed E-state index contributed by atoms with van der Waals surface area (Å²) < 4.78 is 7.46. The lowest BCUT2D eigenvalue weighted by molar-refractivity contribution is -0.116. The van der Waals surface area contributed by atoms with Crippen molar-refractivity contribution in [2.24, 2.45) is 0 Å². The Balaban J connectivity index is 1.63. The van der Waals surface area contributed by atoms with Gasteiger partial charge in [-0.25, -0.2) is 9.66 Å². The molecule has 0 saturated carbocycles. The first kappa shape index (κ1) is 22.1. The molecule has 1 amide bonds. The highest BCUT2D eigenvalue weighted by molar-refractivity contribution is 7.98. The second kappa shape index (κ2) is 9.48. The van der Waals surface area contributed by atoms with Crippen LogP contribution in [0.1, 0.15) is 49.3 Å². The van der Waals surface area contributed by atoms with Crippen molar-refractivity contribution in [1.29, 1.82) is 0 Å². The summed E-state index contributed by atoms with van der Waals surface area (Å²) >= 11 is 2.86. The Kier molecular flexibility index (Phi) is 6.99. The molecule has 160 valence electrons. The first-order valence-corrected chi connectivity index (χ1v) is 11.4. The number of carbonyl (C=O) groups excluding carboxylic acids is 1. The number of hydrogen-bond donors (Lipinski definition) is 1. The molecule has 0 atom stereocenters. The van der Waals surface area contributed by atoms with Crippen LogP contribution in [-0.2, 0) is 17.2 Å². The summed E-state index contributed by atoms with van der Waals surface area (Å²) in [7, 11) is 1.71. The van der Waals surface area contributed by atoms with E-state index in [0.29, 0.717) is 27.8 Å². The smallest absolute Gasteiger partial charge is 0.225 e. The Morgan fingerprint density at radius 2 is 2.13 bits per heavy atom. The standard InChI is InChI=1S/C20H26N6O2S2/c1-12(2)16-7-6-13(3)8-17(16)28-9-18-23-24-20(26(18)21)30-11-15-10-29-19(22-15)25(5)14(4)27/h6-8,10,12H,9,11,21H2,1-5H3. The third-order valence-electron chi connectivity index (χ3n) is 4.53. The van der Waals surface area contributed by atoms with Crippen LogP contribution in [0.25, 0.3) is 0 Å². The van der Waals surface area contributed by atoms with E-state index in [1.165, 1.54) is 39.6 Å². The maximum atomic E-state index is 11.5. The van der Waals surface area contributed by atoms with Crippen molar-refractivity contribution >= 4 is 34.1 Å². The normalized spacial score (nSPS) is 11.1. The lowest BCUT2D eigenvalue weighted by atomic mass is 10.0. The Labute approximate surface area is 184 Å². The predicted octanol–water partition coefficient (Wildman–Crippen LogP) is 3.73. The van der Waals surface area contributed by atoms with Gasteiger partial charge >= 0.3 is 0 Å². The molecule has 0 unspecified atom stereocenters. The molecular weight excluding hydrogens is 420 g/mol. The average molecular weight is 447 g/mol. The van der Waals surface area contributed by atoms with Gasteiger partial charge in [-0.05, 0) is 30.0 Å². The number of nitrogens with zero attached hydrogens (tertiary/aromatic N) is 5. The van der Waals surface area contributed by atoms with Gasteiger partial charge in [0.2, 0.25) is 11.1 Å². The predicted molar refractivity (Wildman–Crippen MR) is 121 cm³/mol. The number of carbonyl (C=O) groups is 1. The summed E-state index contributed by atoms with van der Waals surface area (Å²) in [5, 5.41) is 11.5. The lowest BCUT2D eigenvalue weighted by Crippen LogP contribution is -2.22. The quantitative estimate of drug-likeness (QED) is 0.416. The van der Waals surface area contributed by atoms with Crippen LogP contribution >= 0.6 is 23.1 Å². The molecule has 2 heterocycles. The van der Waals surface area contributed by atoms with Crippen molar-refractivity contribution in [2.45, 2.75) is 51.1 Å². The summed E-state index contributed by atoms with van der Waals surface area (Å²) in [5.74, 6) is 8.44. The first-order chi connectivity index (χ1) is 14.3. The van der Waals surface area contributed by atoms with Crippen LogP contribution < -0.4 is 15.5 Å². The fourth-order valence-corrected chi connectivity index (χ4v) is 4.39. The highest BCUT2D eigenvalue weighted by Crippen LogP contribution is 2.29. The van der Waals surface area contributed by atoms with E-state index < -0.39 is 0 Å². The molecule has 10 heteroatoms. The number of thiazole rings is 1. The second-order valence-electron chi connectivity index (χ2n) is 7.24. The molecule has 0 radical (unpaired) electrons. The molecule has 3 rings (SSSR count). The summed E-state index contributed by atoms with van der Waals surface area (Å²) in [4.78, 5) is 17.5. The average Bonchev–Trinajstić information content (AvgIpc) is 3.30. The zero-order chi connectivity index (χ0) is 21.8. The van der Waals surface area contributed by atoms with Crippen LogP contribution in [0.15, 0.2) is 28.7 Å². The number of benzene rings is 1. The Morgan fingerprint density at radius 3 is 2.83 bits per heavy atom. The van der Waals surface area contributed by atoms with E-state index in [1.807, 2.05) is 18.4 Å². The van der Waals surface area contributed by atoms with Gasteiger partial charge in [0, 0.05) is 25.1 Å². The van der Waals surface area contributed by atoms with E-state index in [4.69, 9.17) is 10.6 Å². The van der Waals surface area contributed by atoms with Crippen LogP contribution in [0, 0.1) is 6.92 Å². The highest BCUT2D eigenvalue weighted by atomic mass is 32.2. The fraction of sp³-hybridized carbons (Fsp3) is 0.400. The molecule has 2 N–H and O–H groups in total. The molecule has 0 bridgehead atoms. The third kappa shape index (κ3) is 5.11. The number of nitrogens with two attached hydrogens (primary N) is 1. The van der Waals surface area contributed by atoms with Crippen molar-refractivity contribution in [1.82, 2.24) is 19.9 Å². The zero-order valence-corrected chi connectivity index (χ0v) is 19.4. The van der Waals surface area contributed by atoms with Gasteiger partial charge in [0.1, 0.15) is 12.4 Å². The molecule has 0 aliphatic heterocycles. The maximum absolute atomic E-state index is 11.5. The van der Waals surface area contributed by atoms with Gasteiger partial charge in [0.05, 0.1) is 5.69 Å². The maximum Gasteiger partial charge on any atom is 0.225 e. The van der Waals surface area contributed by atoms with E-state index in [1.54, 1.807) is 7.05 Å². The number of amides is 1. The van der Waals surface area contributed by atoms with Crippen LogP contribution in [0.5, 0.6) is 5.75 Å². The molecule has 0 fully saturated rings. The van der Waals surface area contributed by atoms with E-state index >= 15 is 0 Å². The van der Waals surface area contributed by atoms with Crippen molar-refractivity contribution in [3.05, 3.63) is 46.2 Å². The number of thioether (sulfide) groups is 1. The molecular formula is C20H26N6O2S2. The number of nitrogen functional groups attached to an aromatic ring is 1. The van der Waals surface area contributed by atoms with Gasteiger partial charge in [-0.1, -0.05) is 37.7 Å². The van der Waals surface area contributed by atoms with Gasteiger partial charge in [-0.15, -0.1) is 21.5 Å². The molecule has 30 heavy (non-hydrogen) atoms. The van der Waals surface area contributed by atoms with Gasteiger partial charge in [0.25, 0.3) is 0 Å². The van der Waals surface area contributed by atoms with Crippen molar-refractivity contribution < 1.29 is 9.53 Å². The molecule has 0 aliphatic rings.